The van der Waals surface area contributed by atoms with Crippen molar-refractivity contribution in [2.45, 2.75) is 11.4 Å². The van der Waals surface area contributed by atoms with Crippen molar-refractivity contribution in [1.82, 2.24) is 19.8 Å². The molecule has 0 saturated heterocycles. The number of nitrogens with one attached hydrogen (secondary N) is 2. The maximum absolute atomic E-state index is 12.2. The van der Waals surface area contributed by atoms with Gasteiger partial charge in [-0.2, -0.15) is 0 Å². The molecule has 0 aliphatic heterocycles. The number of aromatic nitrogens is 2. The van der Waals surface area contributed by atoms with Gasteiger partial charge in [-0.15, -0.1) is 4.83 Å². The molecule has 0 bridgehead atoms. The van der Waals surface area contributed by atoms with Crippen LogP contribution in [0.4, 0.5) is 0 Å². The van der Waals surface area contributed by atoms with Crippen molar-refractivity contribution in [2.75, 3.05) is 0 Å². The van der Waals surface area contributed by atoms with E-state index in [1.165, 1.54) is 24.5 Å². The number of halogens is 2. The Morgan fingerprint density at radius 3 is 2.64 bits per heavy atom. The molecular weight excluding hydrogens is 387 g/mol. The summed E-state index contributed by atoms with van der Waals surface area (Å²) in [5.41, 5.74) is 3.67. The van der Waals surface area contributed by atoms with Crippen LogP contribution in [0.25, 0.3) is 11.0 Å². The number of hydrazine groups is 1. The number of benzene rings is 2. The third-order valence-corrected chi connectivity index (χ3v) is 5.35. The van der Waals surface area contributed by atoms with Crippen molar-refractivity contribution in [3.05, 3.63) is 58.8 Å². The van der Waals surface area contributed by atoms with E-state index >= 15 is 0 Å². The van der Waals surface area contributed by atoms with Gasteiger partial charge in [0, 0.05) is 0 Å². The topological polar surface area (TPSA) is 93.1 Å². The maximum Gasteiger partial charge on any atom is 0.257 e. The van der Waals surface area contributed by atoms with E-state index in [-0.39, 0.29) is 21.5 Å². The standard InChI is InChI=1S/C15H12Cl2N4O3S/c16-11-6-5-10(7-12(11)17)25(23,24)20-19-15(22)8-21-9-18-13-3-1-2-4-14(13)21/h1-7,9,20H,8H2,(H,19,22). The molecule has 1 aromatic heterocycles. The number of amides is 1. The number of imidazole rings is 1. The van der Waals surface area contributed by atoms with E-state index in [2.05, 4.69) is 10.4 Å². The fraction of sp³-hybridized carbons (Fsp3) is 0.0667. The lowest BCUT2D eigenvalue weighted by atomic mass is 10.3. The van der Waals surface area contributed by atoms with Crippen molar-refractivity contribution in [1.29, 1.82) is 0 Å². The summed E-state index contributed by atoms with van der Waals surface area (Å²) in [4.78, 5) is 18.1. The van der Waals surface area contributed by atoms with Gasteiger partial charge in [-0.3, -0.25) is 10.2 Å². The molecule has 0 aliphatic rings. The summed E-state index contributed by atoms with van der Waals surface area (Å²) in [6, 6.07) is 11.1. The van der Waals surface area contributed by atoms with Crippen LogP contribution in [-0.2, 0) is 21.4 Å². The zero-order chi connectivity index (χ0) is 18.0. The summed E-state index contributed by atoms with van der Waals surface area (Å²) in [6.07, 6.45) is 1.51. The quantitative estimate of drug-likeness (QED) is 0.645. The summed E-state index contributed by atoms with van der Waals surface area (Å²) >= 11 is 11.6. The van der Waals surface area contributed by atoms with Crippen LogP contribution in [0.1, 0.15) is 0 Å². The molecule has 1 amide bonds. The first kappa shape index (κ1) is 17.7. The molecule has 7 nitrogen and oxygen atoms in total. The van der Waals surface area contributed by atoms with Crippen molar-refractivity contribution < 1.29 is 13.2 Å². The lowest BCUT2D eigenvalue weighted by Gasteiger charge is -2.10. The van der Waals surface area contributed by atoms with Gasteiger partial charge in [0.1, 0.15) is 6.54 Å². The van der Waals surface area contributed by atoms with E-state index in [1.54, 1.807) is 4.57 Å². The molecule has 1 heterocycles. The van der Waals surface area contributed by atoms with Crippen LogP contribution in [0.15, 0.2) is 53.7 Å². The molecule has 2 N–H and O–H groups in total. The molecule has 0 spiro atoms. The molecule has 0 aliphatic carbocycles. The normalized spacial score (nSPS) is 11.6. The Hall–Kier alpha value is -2.13. The Morgan fingerprint density at radius 2 is 1.88 bits per heavy atom. The highest BCUT2D eigenvalue weighted by Gasteiger charge is 2.17. The SMILES string of the molecule is O=C(Cn1cnc2ccccc21)NNS(=O)(=O)c1ccc(Cl)c(Cl)c1. The van der Waals surface area contributed by atoms with Crippen molar-refractivity contribution in [2.24, 2.45) is 0 Å². The van der Waals surface area contributed by atoms with Crippen LogP contribution in [0.3, 0.4) is 0 Å². The smallest absolute Gasteiger partial charge is 0.257 e. The summed E-state index contributed by atoms with van der Waals surface area (Å²) in [5, 5.41) is 0.331. The van der Waals surface area contributed by atoms with E-state index in [9.17, 15) is 13.2 Å². The van der Waals surface area contributed by atoms with Gasteiger partial charge in [0.05, 0.1) is 32.3 Å². The highest BCUT2D eigenvalue weighted by molar-refractivity contribution is 7.89. The van der Waals surface area contributed by atoms with Gasteiger partial charge >= 0.3 is 0 Å². The van der Waals surface area contributed by atoms with Crippen LogP contribution in [0.5, 0.6) is 0 Å². The molecule has 130 valence electrons. The Morgan fingerprint density at radius 1 is 1.12 bits per heavy atom. The maximum atomic E-state index is 12.2. The highest BCUT2D eigenvalue weighted by atomic mass is 35.5. The van der Waals surface area contributed by atoms with Gasteiger partial charge in [0.25, 0.3) is 15.9 Å². The van der Waals surface area contributed by atoms with Crippen molar-refractivity contribution in [3.8, 4) is 0 Å². The molecular formula is C15H12Cl2N4O3S. The van der Waals surface area contributed by atoms with Gasteiger partial charge in [-0.1, -0.05) is 35.3 Å². The minimum absolute atomic E-state index is 0.0928. The van der Waals surface area contributed by atoms with E-state index in [0.717, 1.165) is 11.0 Å². The zero-order valence-corrected chi connectivity index (χ0v) is 14.9. The lowest BCUT2D eigenvalue weighted by Crippen LogP contribution is -2.43. The number of rotatable bonds is 5. The summed E-state index contributed by atoms with van der Waals surface area (Å²) < 4.78 is 25.9. The Labute approximate surface area is 153 Å². The number of fused-ring (bicyclic) bond motifs is 1. The molecule has 3 aromatic rings. The number of nitrogens with zero attached hydrogens (tertiary/aromatic N) is 2. The van der Waals surface area contributed by atoms with Crippen molar-refractivity contribution in [3.63, 3.8) is 0 Å². The summed E-state index contributed by atoms with van der Waals surface area (Å²) in [6.45, 7) is -0.0928. The summed E-state index contributed by atoms with van der Waals surface area (Å²) in [5.74, 6) is -0.549. The fourth-order valence-electron chi connectivity index (χ4n) is 2.16. The predicted molar refractivity (Wildman–Crippen MR) is 94.7 cm³/mol. The van der Waals surface area contributed by atoms with Crippen LogP contribution < -0.4 is 10.3 Å². The number of hydrogen-bond donors (Lipinski definition) is 2. The van der Waals surface area contributed by atoms with E-state index < -0.39 is 15.9 Å². The zero-order valence-electron chi connectivity index (χ0n) is 12.6. The second-order valence-corrected chi connectivity index (χ2v) is 7.59. The van der Waals surface area contributed by atoms with Crippen LogP contribution in [-0.4, -0.2) is 23.9 Å². The molecule has 0 fully saturated rings. The monoisotopic (exact) mass is 398 g/mol. The number of hydrogen-bond acceptors (Lipinski definition) is 4. The Kier molecular flexibility index (Phi) is 4.96. The second-order valence-electron chi connectivity index (χ2n) is 5.09. The lowest BCUT2D eigenvalue weighted by molar-refractivity contribution is -0.122. The van der Waals surface area contributed by atoms with E-state index in [1.807, 2.05) is 29.1 Å². The first-order valence-electron chi connectivity index (χ1n) is 7.02. The number of carbonyl (C=O) groups is 1. The van der Waals surface area contributed by atoms with E-state index in [4.69, 9.17) is 23.2 Å². The third-order valence-electron chi connectivity index (χ3n) is 3.37. The average molecular weight is 399 g/mol. The number of carbonyl (C=O) groups excluding carboxylic acids is 1. The van der Waals surface area contributed by atoms with Gasteiger partial charge in [-0.05, 0) is 30.3 Å². The highest BCUT2D eigenvalue weighted by Crippen LogP contribution is 2.24. The molecule has 0 radical (unpaired) electrons. The van der Waals surface area contributed by atoms with Crippen LogP contribution in [0.2, 0.25) is 10.0 Å². The van der Waals surface area contributed by atoms with Gasteiger partial charge in [0.15, 0.2) is 0 Å². The Bertz CT molecular complexity index is 1050. The molecule has 0 unspecified atom stereocenters. The fourth-order valence-corrected chi connectivity index (χ4v) is 3.41. The molecule has 0 atom stereocenters. The van der Waals surface area contributed by atoms with Crippen LogP contribution in [0, 0.1) is 0 Å². The first-order chi connectivity index (χ1) is 11.9. The minimum atomic E-state index is -3.97. The molecule has 3 rings (SSSR count). The second kappa shape index (κ2) is 7.01. The predicted octanol–water partition coefficient (Wildman–Crippen LogP) is 2.35. The molecule has 0 saturated carbocycles. The number of sulfonamides is 1. The van der Waals surface area contributed by atoms with E-state index in [0.29, 0.717) is 0 Å². The first-order valence-corrected chi connectivity index (χ1v) is 9.26. The molecule has 10 heteroatoms. The van der Waals surface area contributed by atoms with Gasteiger partial charge in [0.2, 0.25) is 0 Å². The third kappa shape index (κ3) is 3.93. The Balaban J connectivity index is 1.68. The largest absolute Gasteiger partial charge is 0.321 e. The van der Waals surface area contributed by atoms with Crippen LogP contribution >= 0.6 is 23.2 Å². The minimum Gasteiger partial charge on any atom is -0.321 e. The van der Waals surface area contributed by atoms with Gasteiger partial charge in [-0.25, -0.2) is 13.4 Å². The number of para-hydroxylation sites is 2. The van der Waals surface area contributed by atoms with Gasteiger partial charge < -0.3 is 4.57 Å². The molecule has 25 heavy (non-hydrogen) atoms. The average Bonchev–Trinajstić information content (AvgIpc) is 2.99. The molecule has 2 aromatic carbocycles. The summed E-state index contributed by atoms with van der Waals surface area (Å²) in [7, 11) is -3.97. The van der Waals surface area contributed by atoms with Crippen molar-refractivity contribution >= 4 is 50.2 Å².